The Morgan fingerprint density at radius 2 is 1.67 bits per heavy atom. The Kier molecular flexibility index (Phi) is 5.00. The van der Waals surface area contributed by atoms with Crippen molar-refractivity contribution >= 4 is 10.2 Å². The van der Waals surface area contributed by atoms with E-state index in [9.17, 15) is 8.42 Å². The monoisotopic (exact) mass is 275 g/mol. The zero-order valence-corrected chi connectivity index (χ0v) is 11.8. The van der Waals surface area contributed by atoms with Gasteiger partial charge < -0.3 is 5.73 Å². The Morgan fingerprint density at radius 1 is 1.06 bits per heavy atom. The molecule has 0 aromatic rings. The number of piperidine rings is 1. The van der Waals surface area contributed by atoms with Crippen molar-refractivity contribution in [3.05, 3.63) is 0 Å². The first kappa shape index (κ1) is 14.2. The molecule has 2 aliphatic rings. The van der Waals surface area contributed by atoms with Gasteiger partial charge in [0.05, 0.1) is 0 Å². The predicted molar refractivity (Wildman–Crippen MR) is 72.2 cm³/mol. The van der Waals surface area contributed by atoms with Gasteiger partial charge >= 0.3 is 0 Å². The Bertz CT molecular complexity index is 344. The van der Waals surface area contributed by atoms with Crippen molar-refractivity contribution in [3.63, 3.8) is 0 Å². The molecule has 1 aliphatic carbocycles. The predicted octanol–water partition coefficient (Wildman–Crippen LogP) is 0.682. The average molecular weight is 275 g/mol. The minimum Gasteiger partial charge on any atom is -0.330 e. The molecule has 0 bridgehead atoms. The highest BCUT2D eigenvalue weighted by Gasteiger charge is 2.28. The normalized spacial score (nSPS) is 24.7. The highest BCUT2D eigenvalue weighted by atomic mass is 32.2. The SMILES string of the molecule is NCC1CCN(S(=O)(=O)NCC2CCCC2)CC1. The van der Waals surface area contributed by atoms with E-state index in [0.29, 0.717) is 38.0 Å². The minimum atomic E-state index is -3.26. The lowest BCUT2D eigenvalue weighted by atomic mass is 9.99. The van der Waals surface area contributed by atoms with Gasteiger partial charge in [-0.3, -0.25) is 0 Å². The van der Waals surface area contributed by atoms with Crippen LogP contribution in [0.3, 0.4) is 0 Å². The zero-order chi connectivity index (χ0) is 13.0. The van der Waals surface area contributed by atoms with Gasteiger partial charge in [0, 0.05) is 19.6 Å². The molecule has 0 radical (unpaired) electrons. The molecule has 0 spiro atoms. The van der Waals surface area contributed by atoms with E-state index in [1.165, 1.54) is 12.8 Å². The van der Waals surface area contributed by atoms with Crippen LogP contribution in [0.15, 0.2) is 0 Å². The summed E-state index contributed by atoms with van der Waals surface area (Å²) in [7, 11) is -3.26. The van der Waals surface area contributed by atoms with Crippen LogP contribution < -0.4 is 10.5 Å². The number of hydrogen-bond acceptors (Lipinski definition) is 3. The summed E-state index contributed by atoms with van der Waals surface area (Å²) in [6.07, 6.45) is 6.60. The molecule has 0 atom stereocenters. The maximum absolute atomic E-state index is 12.1. The van der Waals surface area contributed by atoms with Crippen molar-refractivity contribution in [1.82, 2.24) is 9.03 Å². The van der Waals surface area contributed by atoms with E-state index >= 15 is 0 Å². The lowest BCUT2D eigenvalue weighted by Gasteiger charge is -2.30. The van der Waals surface area contributed by atoms with Crippen LogP contribution in [0.2, 0.25) is 0 Å². The topological polar surface area (TPSA) is 75.4 Å². The van der Waals surface area contributed by atoms with E-state index in [4.69, 9.17) is 5.73 Å². The first-order valence-corrected chi connectivity index (χ1v) is 8.50. The second kappa shape index (κ2) is 6.32. The summed E-state index contributed by atoms with van der Waals surface area (Å²) >= 11 is 0. The van der Waals surface area contributed by atoms with E-state index in [1.54, 1.807) is 4.31 Å². The van der Waals surface area contributed by atoms with Gasteiger partial charge in [0.25, 0.3) is 10.2 Å². The van der Waals surface area contributed by atoms with Crippen LogP contribution in [0.1, 0.15) is 38.5 Å². The Hall–Kier alpha value is -0.170. The fourth-order valence-corrected chi connectivity index (χ4v) is 4.23. The highest BCUT2D eigenvalue weighted by Crippen LogP contribution is 2.24. The second-order valence-corrected chi connectivity index (χ2v) is 7.34. The largest absolute Gasteiger partial charge is 0.330 e. The van der Waals surface area contributed by atoms with E-state index in [1.807, 2.05) is 0 Å². The molecule has 1 saturated heterocycles. The van der Waals surface area contributed by atoms with Gasteiger partial charge in [-0.15, -0.1) is 0 Å². The molecular formula is C12H25N3O2S. The van der Waals surface area contributed by atoms with Crippen LogP contribution in [0, 0.1) is 11.8 Å². The van der Waals surface area contributed by atoms with Gasteiger partial charge in [0.2, 0.25) is 0 Å². The van der Waals surface area contributed by atoms with Crippen molar-refractivity contribution in [3.8, 4) is 0 Å². The van der Waals surface area contributed by atoms with Crippen molar-refractivity contribution in [2.45, 2.75) is 38.5 Å². The summed E-state index contributed by atoms with van der Waals surface area (Å²) < 4.78 is 28.6. The molecule has 0 unspecified atom stereocenters. The first-order chi connectivity index (χ1) is 8.62. The minimum absolute atomic E-state index is 0.492. The quantitative estimate of drug-likeness (QED) is 0.775. The molecule has 18 heavy (non-hydrogen) atoms. The van der Waals surface area contributed by atoms with E-state index in [2.05, 4.69) is 4.72 Å². The lowest BCUT2D eigenvalue weighted by molar-refractivity contribution is 0.275. The summed E-state index contributed by atoms with van der Waals surface area (Å²) in [4.78, 5) is 0. The van der Waals surface area contributed by atoms with Crippen LogP contribution in [0.4, 0.5) is 0 Å². The third-order valence-electron chi connectivity index (χ3n) is 4.28. The lowest BCUT2D eigenvalue weighted by Crippen LogP contribution is -2.46. The molecule has 0 aromatic heterocycles. The molecule has 3 N–H and O–H groups in total. The van der Waals surface area contributed by atoms with Crippen molar-refractivity contribution in [2.24, 2.45) is 17.6 Å². The van der Waals surface area contributed by atoms with Crippen molar-refractivity contribution in [1.29, 1.82) is 0 Å². The molecule has 1 heterocycles. The molecule has 0 amide bonds. The average Bonchev–Trinajstić information content (AvgIpc) is 2.90. The van der Waals surface area contributed by atoms with Crippen LogP contribution in [-0.2, 0) is 10.2 Å². The molecule has 2 fully saturated rings. The Balaban J connectivity index is 1.79. The summed E-state index contributed by atoms with van der Waals surface area (Å²) in [6, 6.07) is 0. The fourth-order valence-electron chi connectivity index (χ4n) is 2.91. The summed E-state index contributed by atoms with van der Waals surface area (Å²) in [5.74, 6) is 1.03. The molecule has 1 saturated carbocycles. The van der Waals surface area contributed by atoms with Crippen LogP contribution in [-0.4, -0.2) is 38.9 Å². The van der Waals surface area contributed by atoms with Crippen LogP contribution in [0.25, 0.3) is 0 Å². The number of nitrogens with zero attached hydrogens (tertiary/aromatic N) is 1. The van der Waals surface area contributed by atoms with Gasteiger partial charge in [0.15, 0.2) is 0 Å². The van der Waals surface area contributed by atoms with Gasteiger partial charge in [-0.2, -0.15) is 12.7 Å². The van der Waals surface area contributed by atoms with Crippen molar-refractivity contribution in [2.75, 3.05) is 26.2 Å². The molecule has 5 nitrogen and oxygen atoms in total. The Labute approximate surface area is 110 Å². The maximum Gasteiger partial charge on any atom is 0.279 e. The summed E-state index contributed by atoms with van der Waals surface area (Å²) in [6.45, 7) is 2.51. The molecule has 6 heteroatoms. The molecule has 1 aliphatic heterocycles. The fraction of sp³-hybridized carbons (Fsp3) is 1.00. The third-order valence-corrected chi connectivity index (χ3v) is 5.85. The molecule has 106 valence electrons. The highest BCUT2D eigenvalue weighted by molar-refractivity contribution is 7.87. The third kappa shape index (κ3) is 3.66. The van der Waals surface area contributed by atoms with Gasteiger partial charge in [-0.25, -0.2) is 4.72 Å². The number of rotatable bonds is 5. The number of nitrogens with one attached hydrogen (secondary N) is 1. The number of hydrogen-bond donors (Lipinski definition) is 2. The van der Waals surface area contributed by atoms with Gasteiger partial charge in [0.1, 0.15) is 0 Å². The van der Waals surface area contributed by atoms with Gasteiger partial charge in [-0.1, -0.05) is 12.8 Å². The maximum atomic E-state index is 12.1. The summed E-state index contributed by atoms with van der Waals surface area (Å²) in [5, 5.41) is 0. The van der Waals surface area contributed by atoms with Crippen molar-refractivity contribution < 1.29 is 8.42 Å². The van der Waals surface area contributed by atoms with Crippen LogP contribution >= 0.6 is 0 Å². The van der Waals surface area contributed by atoms with Gasteiger partial charge in [-0.05, 0) is 44.1 Å². The zero-order valence-electron chi connectivity index (χ0n) is 11.0. The standard InChI is InChI=1S/C12H25N3O2S/c13-9-11-5-7-15(8-6-11)18(16,17)14-10-12-3-1-2-4-12/h11-12,14H,1-10,13H2. The molecule has 0 aromatic carbocycles. The molecule has 2 rings (SSSR count). The van der Waals surface area contributed by atoms with E-state index < -0.39 is 10.2 Å². The van der Waals surface area contributed by atoms with Crippen LogP contribution in [0.5, 0.6) is 0 Å². The Morgan fingerprint density at radius 3 is 2.22 bits per heavy atom. The van der Waals surface area contributed by atoms with E-state index in [-0.39, 0.29) is 0 Å². The van der Waals surface area contributed by atoms with E-state index in [0.717, 1.165) is 25.7 Å². The molecular weight excluding hydrogens is 250 g/mol. The number of nitrogens with two attached hydrogens (primary N) is 1. The summed E-state index contributed by atoms with van der Waals surface area (Å²) in [5.41, 5.74) is 5.62. The smallest absolute Gasteiger partial charge is 0.279 e. The second-order valence-electron chi connectivity index (χ2n) is 5.58. The first-order valence-electron chi connectivity index (χ1n) is 7.06.